The number of pyridine rings is 1. The number of piperidine rings is 1. The highest BCUT2D eigenvalue weighted by Crippen LogP contribution is 2.32. The highest BCUT2D eigenvalue weighted by molar-refractivity contribution is 5.98. The highest BCUT2D eigenvalue weighted by Gasteiger charge is 2.30. The Hall–Kier alpha value is -3.73. The molecule has 0 aliphatic carbocycles. The van der Waals surface area contributed by atoms with Crippen LogP contribution in [0.5, 0.6) is 0 Å². The number of carbonyl (C=O) groups is 1. The molecule has 11 heteroatoms. The lowest BCUT2D eigenvalue weighted by Crippen LogP contribution is -2.43. The Balaban J connectivity index is 1.72. The monoisotopic (exact) mass is 499 g/mol. The van der Waals surface area contributed by atoms with Gasteiger partial charge in [-0.25, -0.2) is 4.98 Å². The van der Waals surface area contributed by atoms with Crippen molar-refractivity contribution in [2.75, 3.05) is 23.3 Å². The van der Waals surface area contributed by atoms with Crippen LogP contribution in [0.4, 0.5) is 30.6 Å². The molecule has 1 aromatic carbocycles. The van der Waals surface area contributed by atoms with Crippen LogP contribution in [-0.2, 0) is 6.18 Å². The van der Waals surface area contributed by atoms with E-state index in [0.717, 1.165) is 31.5 Å². The summed E-state index contributed by atoms with van der Waals surface area (Å²) in [4.78, 5) is 27.6. The minimum Gasteiger partial charge on any atom is -0.365 e. The number of aromatic nitrogens is 3. The van der Waals surface area contributed by atoms with Gasteiger partial charge in [0.15, 0.2) is 0 Å². The van der Waals surface area contributed by atoms with Crippen molar-refractivity contribution in [3.63, 3.8) is 0 Å². The van der Waals surface area contributed by atoms with Crippen LogP contribution in [0.3, 0.4) is 0 Å². The molecule has 1 aliphatic heterocycles. The van der Waals surface area contributed by atoms with Crippen molar-refractivity contribution in [3.8, 4) is 11.3 Å². The lowest BCUT2D eigenvalue weighted by molar-refractivity contribution is -0.137. The Morgan fingerprint density at radius 2 is 1.89 bits per heavy atom. The van der Waals surface area contributed by atoms with Crippen molar-refractivity contribution in [1.29, 1.82) is 0 Å². The summed E-state index contributed by atoms with van der Waals surface area (Å²) in [7, 11) is 0. The second-order valence-corrected chi connectivity index (χ2v) is 9.17. The number of rotatable bonds is 6. The van der Waals surface area contributed by atoms with Crippen molar-refractivity contribution in [3.05, 3.63) is 59.4 Å². The molecule has 190 valence electrons. The molecule has 1 unspecified atom stereocenters. The van der Waals surface area contributed by atoms with Gasteiger partial charge in [-0.2, -0.15) is 18.2 Å². The number of alkyl halides is 3. The van der Waals surface area contributed by atoms with Gasteiger partial charge < -0.3 is 21.7 Å². The molecule has 1 saturated heterocycles. The topological polar surface area (TPSA) is 123 Å². The van der Waals surface area contributed by atoms with Crippen LogP contribution in [0, 0.1) is 0 Å². The predicted molar refractivity (Wildman–Crippen MR) is 132 cm³/mol. The van der Waals surface area contributed by atoms with E-state index in [1.807, 2.05) is 24.8 Å². The third-order valence-corrected chi connectivity index (χ3v) is 5.99. The molecule has 8 nitrogen and oxygen atoms in total. The van der Waals surface area contributed by atoms with Gasteiger partial charge in [0.1, 0.15) is 11.4 Å². The molecule has 0 radical (unpaired) electrons. The van der Waals surface area contributed by atoms with Gasteiger partial charge in [-0.15, -0.1) is 0 Å². The maximum Gasteiger partial charge on any atom is 0.416 e. The molecule has 1 fully saturated rings. The number of amides is 1. The van der Waals surface area contributed by atoms with Gasteiger partial charge in [0.2, 0.25) is 5.95 Å². The highest BCUT2D eigenvalue weighted by atomic mass is 19.4. The Morgan fingerprint density at radius 3 is 2.50 bits per heavy atom. The number of carbonyl (C=O) groups excluding carboxylic acids is 1. The Kier molecular flexibility index (Phi) is 7.11. The van der Waals surface area contributed by atoms with Crippen LogP contribution < -0.4 is 21.7 Å². The van der Waals surface area contributed by atoms with Crippen LogP contribution in [0.2, 0.25) is 0 Å². The number of nitrogens with one attached hydrogen (secondary N) is 1. The van der Waals surface area contributed by atoms with Crippen LogP contribution in [0.15, 0.2) is 42.6 Å². The number of hydrogen-bond donors (Lipinski definition) is 3. The fourth-order valence-corrected chi connectivity index (χ4v) is 4.03. The minimum atomic E-state index is -4.42. The summed E-state index contributed by atoms with van der Waals surface area (Å²) in [5.41, 5.74) is 13.3. The van der Waals surface area contributed by atoms with Gasteiger partial charge in [0, 0.05) is 42.3 Å². The van der Waals surface area contributed by atoms with Crippen molar-refractivity contribution in [2.45, 2.75) is 44.8 Å². The van der Waals surface area contributed by atoms with Crippen LogP contribution in [-0.4, -0.2) is 40.0 Å². The van der Waals surface area contributed by atoms with Gasteiger partial charge in [0.25, 0.3) is 5.91 Å². The lowest BCUT2D eigenvalue weighted by Gasteiger charge is -2.31. The van der Waals surface area contributed by atoms with Gasteiger partial charge in [0.05, 0.1) is 11.3 Å². The molecule has 5 N–H and O–H groups in total. The Morgan fingerprint density at radius 1 is 1.17 bits per heavy atom. The van der Waals surface area contributed by atoms with Crippen molar-refractivity contribution in [1.82, 2.24) is 15.0 Å². The summed E-state index contributed by atoms with van der Waals surface area (Å²) in [6, 6.07) is 8.33. The van der Waals surface area contributed by atoms with E-state index in [-0.39, 0.29) is 23.3 Å². The fourth-order valence-electron chi connectivity index (χ4n) is 4.03. The van der Waals surface area contributed by atoms with E-state index < -0.39 is 17.6 Å². The SMILES string of the molecule is CC(C)c1cc(Nc2nc(N3CCCC(N)C3)ncc2C(N)=O)cc(-c2ccc(C(F)(F)F)cc2)n1. The van der Waals surface area contributed by atoms with E-state index in [0.29, 0.717) is 35.1 Å². The molecule has 1 aliphatic rings. The molecule has 0 saturated carbocycles. The maximum atomic E-state index is 13.0. The number of primary amides is 1. The first-order valence-corrected chi connectivity index (χ1v) is 11.6. The van der Waals surface area contributed by atoms with Gasteiger partial charge in [-0.05, 0) is 43.0 Å². The molecule has 1 amide bonds. The molecule has 36 heavy (non-hydrogen) atoms. The van der Waals surface area contributed by atoms with E-state index in [9.17, 15) is 18.0 Å². The van der Waals surface area contributed by atoms with E-state index in [1.54, 1.807) is 6.07 Å². The first-order chi connectivity index (χ1) is 17.0. The third-order valence-electron chi connectivity index (χ3n) is 5.99. The van der Waals surface area contributed by atoms with E-state index in [2.05, 4.69) is 20.3 Å². The summed E-state index contributed by atoms with van der Waals surface area (Å²) in [5, 5.41) is 3.16. The molecule has 4 rings (SSSR count). The standard InChI is InChI=1S/C25H28F3N7O/c1-14(2)20-10-18(11-21(33-20)15-5-7-16(8-6-15)25(26,27)28)32-23-19(22(30)36)12-31-24(34-23)35-9-3-4-17(29)13-35/h5-8,10-12,14,17H,3-4,9,13,29H2,1-2H3,(H2,30,36)(H,31,32,33,34). The van der Waals surface area contributed by atoms with E-state index in [4.69, 9.17) is 11.5 Å². The predicted octanol–water partition coefficient (Wildman–Crippen LogP) is 4.45. The Bertz CT molecular complexity index is 1250. The van der Waals surface area contributed by atoms with Gasteiger partial charge >= 0.3 is 6.18 Å². The second kappa shape index (κ2) is 10.1. The molecule has 3 heterocycles. The number of hydrogen-bond acceptors (Lipinski definition) is 7. The Labute approximate surface area is 206 Å². The summed E-state index contributed by atoms with van der Waals surface area (Å²) in [6.07, 6.45) is -1.22. The minimum absolute atomic E-state index is 0.00895. The van der Waals surface area contributed by atoms with E-state index in [1.165, 1.54) is 18.3 Å². The van der Waals surface area contributed by atoms with Crippen LogP contribution in [0.25, 0.3) is 11.3 Å². The molecular weight excluding hydrogens is 471 g/mol. The average Bonchev–Trinajstić information content (AvgIpc) is 2.83. The number of anilines is 3. The molecule has 2 aromatic heterocycles. The molecule has 0 bridgehead atoms. The number of benzene rings is 1. The van der Waals surface area contributed by atoms with Gasteiger partial charge in [-0.1, -0.05) is 26.0 Å². The number of halogens is 3. The van der Waals surface area contributed by atoms with Crippen LogP contribution in [0.1, 0.15) is 54.2 Å². The molecular formula is C25H28F3N7O. The first-order valence-electron chi connectivity index (χ1n) is 11.6. The normalized spacial score (nSPS) is 16.3. The zero-order chi connectivity index (χ0) is 26.0. The third kappa shape index (κ3) is 5.73. The summed E-state index contributed by atoms with van der Waals surface area (Å²) >= 11 is 0. The van der Waals surface area contributed by atoms with Crippen molar-refractivity contribution in [2.24, 2.45) is 11.5 Å². The quantitative estimate of drug-likeness (QED) is 0.458. The first kappa shape index (κ1) is 25.4. The van der Waals surface area contributed by atoms with Crippen molar-refractivity contribution >= 4 is 23.4 Å². The smallest absolute Gasteiger partial charge is 0.365 e. The molecule has 0 spiro atoms. The number of nitrogens with zero attached hydrogens (tertiary/aromatic N) is 4. The maximum absolute atomic E-state index is 13.0. The average molecular weight is 500 g/mol. The second-order valence-electron chi connectivity index (χ2n) is 9.17. The molecule has 3 aromatic rings. The fraction of sp³-hybridized carbons (Fsp3) is 0.360. The van der Waals surface area contributed by atoms with Crippen LogP contribution >= 0.6 is 0 Å². The molecule has 1 atom stereocenters. The van der Waals surface area contributed by atoms with Crippen molar-refractivity contribution < 1.29 is 18.0 Å². The lowest BCUT2D eigenvalue weighted by atomic mass is 10.0. The number of nitrogens with two attached hydrogens (primary N) is 2. The zero-order valence-electron chi connectivity index (χ0n) is 20.0. The van der Waals surface area contributed by atoms with Gasteiger partial charge in [-0.3, -0.25) is 9.78 Å². The zero-order valence-corrected chi connectivity index (χ0v) is 20.0. The largest absolute Gasteiger partial charge is 0.416 e. The summed E-state index contributed by atoms with van der Waals surface area (Å²) in [5.74, 6) is -0.00322. The van der Waals surface area contributed by atoms with E-state index >= 15 is 0 Å². The summed E-state index contributed by atoms with van der Waals surface area (Å²) < 4.78 is 39.0. The summed E-state index contributed by atoms with van der Waals surface area (Å²) in [6.45, 7) is 5.26.